The van der Waals surface area contributed by atoms with Gasteiger partial charge in [-0.05, 0) is 12.1 Å². The second kappa shape index (κ2) is 3.62. The summed E-state index contributed by atoms with van der Waals surface area (Å²) in [6, 6.07) is 1.76. The second-order valence-electron chi connectivity index (χ2n) is 2.79. The van der Waals surface area contributed by atoms with Crippen LogP contribution < -0.4 is 11.5 Å². The van der Waals surface area contributed by atoms with E-state index in [0.717, 1.165) is 12.1 Å². The number of benzene rings is 1. The highest BCUT2D eigenvalue weighted by Gasteiger charge is 2.37. The molecule has 0 unspecified atom stereocenters. The van der Waals surface area contributed by atoms with E-state index in [-0.39, 0.29) is 5.69 Å². The van der Waals surface area contributed by atoms with Crippen LogP contribution in [-0.4, -0.2) is 5.91 Å². The lowest BCUT2D eigenvalue weighted by molar-refractivity contribution is -0.137. The smallest absolute Gasteiger partial charge is 0.399 e. The molecule has 0 radical (unpaired) electrons. The molecule has 1 amide bonds. The molecule has 0 saturated heterocycles. The third kappa shape index (κ3) is 2.33. The van der Waals surface area contributed by atoms with Crippen molar-refractivity contribution >= 4 is 23.2 Å². The lowest BCUT2D eigenvalue weighted by Gasteiger charge is -2.13. The summed E-state index contributed by atoms with van der Waals surface area (Å²) in [6.07, 6.45) is -4.74. The molecule has 1 aromatic carbocycles. The predicted octanol–water partition coefficient (Wildman–Crippen LogP) is 2.04. The van der Waals surface area contributed by atoms with E-state index in [4.69, 9.17) is 23.1 Å². The van der Waals surface area contributed by atoms with Crippen molar-refractivity contribution in [1.29, 1.82) is 0 Å². The van der Waals surface area contributed by atoms with E-state index in [1.807, 2.05) is 0 Å². The van der Waals surface area contributed by atoms with Crippen LogP contribution >= 0.6 is 11.6 Å². The first-order valence-electron chi connectivity index (χ1n) is 3.69. The van der Waals surface area contributed by atoms with E-state index in [1.165, 1.54) is 0 Å². The molecule has 0 aromatic heterocycles. The Labute approximate surface area is 87.8 Å². The molecule has 0 aliphatic heterocycles. The first-order valence-corrected chi connectivity index (χ1v) is 4.07. The van der Waals surface area contributed by atoms with Crippen LogP contribution in [-0.2, 0) is 6.18 Å². The normalized spacial score (nSPS) is 11.5. The number of hydrogen-bond acceptors (Lipinski definition) is 2. The first kappa shape index (κ1) is 11.6. The van der Waals surface area contributed by atoms with Crippen molar-refractivity contribution < 1.29 is 18.0 Å². The quantitative estimate of drug-likeness (QED) is 0.735. The lowest BCUT2D eigenvalue weighted by Crippen LogP contribution is -2.19. The fourth-order valence-corrected chi connectivity index (χ4v) is 1.45. The molecule has 0 spiro atoms. The monoisotopic (exact) mass is 238 g/mol. The van der Waals surface area contributed by atoms with Gasteiger partial charge in [0, 0.05) is 5.69 Å². The van der Waals surface area contributed by atoms with E-state index < -0.39 is 28.2 Å². The molecule has 0 aliphatic carbocycles. The van der Waals surface area contributed by atoms with Crippen LogP contribution in [0, 0.1) is 0 Å². The van der Waals surface area contributed by atoms with E-state index in [0.29, 0.717) is 0 Å². The van der Waals surface area contributed by atoms with Gasteiger partial charge >= 0.3 is 6.18 Å². The second-order valence-corrected chi connectivity index (χ2v) is 3.19. The summed E-state index contributed by atoms with van der Waals surface area (Å²) in [5.74, 6) is -1.23. The Balaban J connectivity index is 3.55. The van der Waals surface area contributed by atoms with Crippen LogP contribution in [0.25, 0.3) is 0 Å². The summed E-state index contributed by atoms with van der Waals surface area (Å²) >= 11 is 5.36. The SMILES string of the molecule is NC(=O)c1cc(N)cc(Cl)c1C(F)(F)F. The molecule has 4 N–H and O–H groups in total. The molecule has 0 fully saturated rings. The van der Waals surface area contributed by atoms with Gasteiger partial charge in [-0.15, -0.1) is 0 Å². The summed E-state index contributed by atoms with van der Waals surface area (Å²) in [6.45, 7) is 0. The van der Waals surface area contributed by atoms with Gasteiger partial charge in [0.05, 0.1) is 16.1 Å². The number of nitrogen functional groups attached to an aromatic ring is 1. The van der Waals surface area contributed by atoms with E-state index in [1.54, 1.807) is 0 Å². The third-order valence-electron chi connectivity index (χ3n) is 1.66. The zero-order valence-electron chi connectivity index (χ0n) is 7.23. The minimum absolute atomic E-state index is 0.0539. The van der Waals surface area contributed by atoms with Crippen molar-refractivity contribution in [3.63, 3.8) is 0 Å². The molecule has 82 valence electrons. The maximum absolute atomic E-state index is 12.5. The van der Waals surface area contributed by atoms with Crippen molar-refractivity contribution in [2.45, 2.75) is 6.18 Å². The molecule has 0 aliphatic rings. The van der Waals surface area contributed by atoms with Crippen molar-refractivity contribution in [2.24, 2.45) is 5.73 Å². The fraction of sp³-hybridized carbons (Fsp3) is 0.125. The van der Waals surface area contributed by atoms with Crippen molar-refractivity contribution in [2.75, 3.05) is 5.73 Å². The van der Waals surface area contributed by atoms with Crippen LogP contribution in [0.4, 0.5) is 18.9 Å². The van der Waals surface area contributed by atoms with E-state index in [2.05, 4.69) is 0 Å². The average Bonchev–Trinajstić information content (AvgIpc) is 1.99. The molecule has 0 atom stereocenters. The molecule has 1 rings (SSSR count). The number of halogens is 4. The lowest BCUT2D eigenvalue weighted by atomic mass is 10.1. The number of carbonyl (C=O) groups is 1. The van der Waals surface area contributed by atoms with Gasteiger partial charge in [0.15, 0.2) is 0 Å². The Morgan fingerprint density at radius 3 is 2.27 bits per heavy atom. The van der Waals surface area contributed by atoms with E-state index in [9.17, 15) is 18.0 Å². The molecule has 15 heavy (non-hydrogen) atoms. The molecule has 1 aromatic rings. The maximum atomic E-state index is 12.5. The number of alkyl halides is 3. The van der Waals surface area contributed by atoms with Gasteiger partial charge in [-0.3, -0.25) is 4.79 Å². The topological polar surface area (TPSA) is 69.1 Å². The molecule has 7 heteroatoms. The maximum Gasteiger partial charge on any atom is 0.418 e. The van der Waals surface area contributed by atoms with E-state index >= 15 is 0 Å². The fourth-order valence-electron chi connectivity index (χ4n) is 1.11. The number of amides is 1. The van der Waals surface area contributed by atoms with Gasteiger partial charge < -0.3 is 11.5 Å². The van der Waals surface area contributed by atoms with Crippen molar-refractivity contribution in [3.8, 4) is 0 Å². The Bertz CT molecular complexity index is 417. The Hall–Kier alpha value is -1.43. The number of carbonyl (C=O) groups excluding carboxylic acids is 1. The van der Waals surface area contributed by atoms with Gasteiger partial charge in [-0.2, -0.15) is 13.2 Å². The summed E-state index contributed by atoms with van der Waals surface area (Å²) < 4.78 is 37.4. The Kier molecular flexibility index (Phi) is 2.81. The zero-order valence-corrected chi connectivity index (χ0v) is 7.99. The van der Waals surface area contributed by atoms with Crippen LogP contribution in [0.5, 0.6) is 0 Å². The van der Waals surface area contributed by atoms with Crippen molar-refractivity contribution in [3.05, 3.63) is 28.3 Å². The minimum atomic E-state index is -4.74. The summed E-state index contributed by atoms with van der Waals surface area (Å²) in [7, 11) is 0. The van der Waals surface area contributed by atoms with Gasteiger partial charge in [0.1, 0.15) is 0 Å². The van der Waals surface area contributed by atoms with Gasteiger partial charge in [0.25, 0.3) is 0 Å². The number of nitrogens with two attached hydrogens (primary N) is 2. The molecule has 0 bridgehead atoms. The predicted molar refractivity (Wildman–Crippen MR) is 49.4 cm³/mol. The van der Waals surface area contributed by atoms with Crippen LogP contribution in [0.1, 0.15) is 15.9 Å². The molecule has 3 nitrogen and oxygen atoms in total. The average molecular weight is 239 g/mol. The highest BCUT2D eigenvalue weighted by atomic mass is 35.5. The van der Waals surface area contributed by atoms with Crippen LogP contribution in [0.3, 0.4) is 0 Å². The largest absolute Gasteiger partial charge is 0.418 e. The number of rotatable bonds is 1. The van der Waals surface area contributed by atoms with Gasteiger partial charge in [-0.25, -0.2) is 0 Å². The summed E-state index contributed by atoms with van der Waals surface area (Å²) in [4.78, 5) is 10.8. The molecular weight excluding hydrogens is 233 g/mol. The number of anilines is 1. The molecular formula is C8H6ClF3N2O. The van der Waals surface area contributed by atoms with Crippen molar-refractivity contribution in [1.82, 2.24) is 0 Å². The first-order chi connectivity index (χ1) is 6.73. The molecule has 0 heterocycles. The third-order valence-corrected chi connectivity index (χ3v) is 1.96. The summed E-state index contributed by atoms with van der Waals surface area (Å²) in [5, 5.41) is -0.642. The Morgan fingerprint density at radius 1 is 1.33 bits per heavy atom. The minimum Gasteiger partial charge on any atom is -0.399 e. The molecule has 0 saturated carbocycles. The summed E-state index contributed by atoms with van der Waals surface area (Å²) in [5.41, 5.74) is 8.00. The Morgan fingerprint density at radius 2 is 1.87 bits per heavy atom. The standard InChI is InChI=1S/C8H6ClF3N2O/c9-5-2-3(13)1-4(7(14)15)6(5)8(10,11)12/h1-2H,13H2,(H2,14,15). The number of hydrogen-bond donors (Lipinski definition) is 2. The van der Waals surface area contributed by atoms with Gasteiger partial charge in [0.2, 0.25) is 5.91 Å². The highest BCUT2D eigenvalue weighted by Crippen LogP contribution is 2.38. The van der Waals surface area contributed by atoms with Gasteiger partial charge in [-0.1, -0.05) is 11.6 Å². The van der Waals surface area contributed by atoms with Crippen LogP contribution in [0.15, 0.2) is 12.1 Å². The van der Waals surface area contributed by atoms with Crippen LogP contribution in [0.2, 0.25) is 5.02 Å². The zero-order chi connectivity index (χ0) is 11.8. The highest BCUT2D eigenvalue weighted by molar-refractivity contribution is 6.32. The number of primary amides is 1.